The monoisotopic (exact) mass is 275 g/mol. The van der Waals surface area contributed by atoms with Crippen LogP contribution in [0.25, 0.3) is 0 Å². The maximum absolute atomic E-state index is 12.0. The average Bonchev–Trinajstić information content (AvgIpc) is 2.89. The van der Waals surface area contributed by atoms with E-state index in [1.165, 1.54) is 7.11 Å². The van der Waals surface area contributed by atoms with Gasteiger partial charge in [0, 0.05) is 5.56 Å². The minimum absolute atomic E-state index is 0.194. The number of benzene rings is 1. The van der Waals surface area contributed by atoms with E-state index in [-0.39, 0.29) is 5.91 Å². The van der Waals surface area contributed by atoms with Gasteiger partial charge in [-0.05, 0) is 37.3 Å². The topological polar surface area (TPSA) is 60.7 Å². The maximum Gasteiger partial charge on any atom is 0.251 e. The molecule has 1 N–H and O–H groups in total. The Balaban J connectivity index is 2.05. The first kappa shape index (κ1) is 14.0. The molecule has 2 rings (SSSR count). The van der Waals surface area contributed by atoms with Gasteiger partial charge in [0.15, 0.2) is 11.5 Å². The molecule has 106 valence electrons. The van der Waals surface area contributed by atoms with Crippen molar-refractivity contribution in [3.63, 3.8) is 0 Å². The molecule has 1 amide bonds. The Morgan fingerprint density at radius 2 is 1.90 bits per heavy atom. The number of carbonyl (C=O) groups is 1. The van der Waals surface area contributed by atoms with Gasteiger partial charge in [-0.3, -0.25) is 4.79 Å². The zero-order valence-electron chi connectivity index (χ0n) is 11.7. The van der Waals surface area contributed by atoms with Crippen molar-refractivity contribution < 1.29 is 18.7 Å². The lowest BCUT2D eigenvalue weighted by atomic mass is 10.2. The van der Waals surface area contributed by atoms with E-state index in [1.54, 1.807) is 25.3 Å². The Labute approximate surface area is 117 Å². The Bertz CT molecular complexity index is 604. The van der Waals surface area contributed by atoms with E-state index in [4.69, 9.17) is 13.9 Å². The molecule has 0 unspecified atom stereocenters. The molecule has 5 nitrogen and oxygen atoms in total. The molecule has 2 aromatic rings. The fraction of sp³-hybridized carbons (Fsp3) is 0.267. The van der Waals surface area contributed by atoms with Gasteiger partial charge in [-0.1, -0.05) is 0 Å². The molecule has 0 spiro atoms. The molecule has 0 bridgehead atoms. The van der Waals surface area contributed by atoms with Crippen molar-refractivity contribution >= 4 is 5.91 Å². The third kappa shape index (κ3) is 3.12. The second-order valence-corrected chi connectivity index (χ2v) is 4.26. The smallest absolute Gasteiger partial charge is 0.251 e. The van der Waals surface area contributed by atoms with Gasteiger partial charge in [0.05, 0.1) is 20.8 Å². The highest BCUT2D eigenvalue weighted by Gasteiger charge is 2.11. The highest BCUT2D eigenvalue weighted by atomic mass is 16.5. The molecule has 0 atom stereocenters. The zero-order chi connectivity index (χ0) is 14.5. The lowest BCUT2D eigenvalue weighted by Crippen LogP contribution is -2.22. The summed E-state index contributed by atoms with van der Waals surface area (Å²) in [6.45, 7) is 2.21. The van der Waals surface area contributed by atoms with Gasteiger partial charge in [-0.15, -0.1) is 0 Å². The summed E-state index contributed by atoms with van der Waals surface area (Å²) in [4.78, 5) is 12.0. The fourth-order valence-corrected chi connectivity index (χ4v) is 1.83. The highest BCUT2D eigenvalue weighted by Crippen LogP contribution is 2.27. The van der Waals surface area contributed by atoms with E-state index in [1.807, 2.05) is 19.1 Å². The molecule has 20 heavy (non-hydrogen) atoms. The third-order valence-corrected chi connectivity index (χ3v) is 2.86. The molecule has 0 radical (unpaired) electrons. The SMILES string of the molecule is COc1ccc(C(=O)NCc2ccc(C)o2)cc1OC. The number of nitrogens with one attached hydrogen (secondary N) is 1. The number of rotatable bonds is 5. The van der Waals surface area contributed by atoms with E-state index in [9.17, 15) is 4.79 Å². The van der Waals surface area contributed by atoms with Crippen molar-refractivity contribution in [3.8, 4) is 11.5 Å². The predicted octanol–water partition coefficient (Wildman–Crippen LogP) is 2.54. The van der Waals surface area contributed by atoms with Crippen LogP contribution in [0.4, 0.5) is 0 Å². The second-order valence-electron chi connectivity index (χ2n) is 4.26. The van der Waals surface area contributed by atoms with Crippen LogP contribution in [0.2, 0.25) is 0 Å². The first-order chi connectivity index (χ1) is 9.63. The number of ether oxygens (including phenoxy) is 2. The van der Waals surface area contributed by atoms with Crippen molar-refractivity contribution in [1.29, 1.82) is 0 Å². The van der Waals surface area contributed by atoms with E-state index >= 15 is 0 Å². The zero-order valence-corrected chi connectivity index (χ0v) is 11.7. The number of hydrogen-bond acceptors (Lipinski definition) is 4. The van der Waals surface area contributed by atoms with Gasteiger partial charge in [0.1, 0.15) is 11.5 Å². The van der Waals surface area contributed by atoms with Gasteiger partial charge in [0.2, 0.25) is 0 Å². The summed E-state index contributed by atoms with van der Waals surface area (Å²) in [6, 6.07) is 8.72. The number of furan rings is 1. The summed E-state index contributed by atoms with van der Waals surface area (Å²) in [5.41, 5.74) is 0.505. The largest absolute Gasteiger partial charge is 0.493 e. The van der Waals surface area contributed by atoms with Crippen molar-refractivity contribution in [2.75, 3.05) is 14.2 Å². The van der Waals surface area contributed by atoms with Crippen LogP contribution in [0.5, 0.6) is 11.5 Å². The molecular weight excluding hydrogens is 258 g/mol. The van der Waals surface area contributed by atoms with Crippen LogP contribution in [0.1, 0.15) is 21.9 Å². The number of carbonyl (C=O) groups excluding carboxylic acids is 1. The summed E-state index contributed by atoms with van der Waals surface area (Å²) >= 11 is 0. The molecular formula is C15H17NO4. The van der Waals surface area contributed by atoms with E-state index in [2.05, 4.69) is 5.32 Å². The van der Waals surface area contributed by atoms with E-state index in [0.29, 0.717) is 23.6 Å². The van der Waals surface area contributed by atoms with Gasteiger partial charge in [-0.25, -0.2) is 0 Å². The summed E-state index contributed by atoms with van der Waals surface area (Å²) in [7, 11) is 3.09. The van der Waals surface area contributed by atoms with Crippen molar-refractivity contribution in [2.45, 2.75) is 13.5 Å². The first-order valence-corrected chi connectivity index (χ1v) is 6.19. The molecule has 0 saturated heterocycles. The minimum atomic E-state index is -0.194. The van der Waals surface area contributed by atoms with Gasteiger partial charge >= 0.3 is 0 Å². The summed E-state index contributed by atoms with van der Waals surface area (Å²) in [6.07, 6.45) is 0. The number of aryl methyl sites for hydroxylation is 1. The third-order valence-electron chi connectivity index (χ3n) is 2.86. The van der Waals surface area contributed by atoms with Crippen LogP contribution in [0.3, 0.4) is 0 Å². The number of amides is 1. The summed E-state index contributed by atoms with van der Waals surface area (Å²) < 4.78 is 15.7. The first-order valence-electron chi connectivity index (χ1n) is 6.19. The Morgan fingerprint density at radius 1 is 1.15 bits per heavy atom. The van der Waals surface area contributed by atoms with Crippen LogP contribution in [0.15, 0.2) is 34.7 Å². The van der Waals surface area contributed by atoms with Crippen LogP contribution >= 0.6 is 0 Å². The number of methoxy groups -OCH3 is 2. The lowest BCUT2D eigenvalue weighted by Gasteiger charge is -2.09. The molecule has 0 aliphatic carbocycles. The Kier molecular flexibility index (Phi) is 4.30. The van der Waals surface area contributed by atoms with Crippen LogP contribution in [0, 0.1) is 6.92 Å². The van der Waals surface area contributed by atoms with Gasteiger partial charge < -0.3 is 19.2 Å². The Morgan fingerprint density at radius 3 is 2.50 bits per heavy atom. The van der Waals surface area contributed by atoms with E-state index < -0.39 is 0 Å². The fourth-order valence-electron chi connectivity index (χ4n) is 1.83. The lowest BCUT2D eigenvalue weighted by molar-refractivity contribution is 0.0947. The van der Waals surface area contributed by atoms with Crippen molar-refractivity contribution in [3.05, 3.63) is 47.4 Å². The molecule has 5 heteroatoms. The molecule has 0 aliphatic heterocycles. The molecule has 1 aromatic heterocycles. The summed E-state index contributed by atoms with van der Waals surface area (Å²) in [5.74, 6) is 2.46. The van der Waals surface area contributed by atoms with Crippen molar-refractivity contribution in [1.82, 2.24) is 5.32 Å². The van der Waals surface area contributed by atoms with Crippen LogP contribution in [-0.4, -0.2) is 20.1 Å². The number of hydrogen-bond donors (Lipinski definition) is 1. The predicted molar refractivity (Wildman–Crippen MR) is 74.2 cm³/mol. The van der Waals surface area contributed by atoms with Crippen LogP contribution in [-0.2, 0) is 6.54 Å². The normalized spacial score (nSPS) is 10.2. The second kappa shape index (κ2) is 6.14. The highest BCUT2D eigenvalue weighted by molar-refractivity contribution is 5.94. The molecule has 0 aliphatic rings. The summed E-state index contributed by atoms with van der Waals surface area (Å²) in [5, 5.41) is 2.79. The van der Waals surface area contributed by atoms with Gasteiger partial charge in [0.25, 0.3) is 5.91 Å². The average molecular weight is 275 g/mol. The Hall–Kier alpha value is -2.43. The van der Waals surface area contributed by atoms with Crippen molar-refractivity contribution in [2.24, 2.45) is 0 Å². The minimum Gasteiger partial charge on any atom is -0.493 e. The maximum atomic E-state index is 12.0. The molecule has 1 aromatic carbocycles. The standard InChI is InChI=1S/C15H17NO4/c1-10-4-6-12(20-10)9-16-15(17)11-5-7-13(18-2)14(8-11)19-3/h4-8H,9H2,1-3H3,(H,16,17). The van der Waals surface area contributed by atoms with Crippen LogP contribution < -0.4 is 14.8 Å². The molecule has 0 fully saturated rings. The molecule has 1 heterocycles. The molecule has 0 saturated carbocycles. The quantitative estimate of drug-likeness (QED) is 0.911. The van der Waals surface area contributed by atoms with E-state index in [0.717, 1.165) is 11.5 Å². The van der Waals surface area contributed by atoms with Gasteiger partial charge in [-0.2, -0.15) is 0 Å².